The van der Waals surface area contributed by atoms with E-state index in [-0.39, 0.29) is 38.0 Å². The molecular formula is C15H8Cl2O3. The van der Waals surface area contributed by atoms with Gasteiger partial charge in [-0.2, -0.15) is 0 Å². The van der Waals surface area contributed by atoms with Crippen LogP contribution in [0, 0.1) is 6.92 Å². The summed E-state index contributed by atoms with van der Waals surface area (Å²) in [5, 5.41) is 10.4. The Kier molecular flexibility index (Phi) is 2.85. The first-order chi connectivity index (χ1) is 9.43. The van der Waals surface area contributed by atoms with Crippen molar-refractivity contribution in [3.63, 3.8) is 0 Å². The second-order valence-corrected chi connectivity index (χ2v) is 5.41. The van der Waals surface area contributed by atoms with Crippen molar-refractivity contribution in [2.45, 2.75) is 6.92 Å². The quantitative estimate of drug-likeness (QED) is 0.687. The van der Waals surface area contributed by atoms with Crippen LogP contribution in [0.5, 0.6) is 5.75 Å². The number of fused-ring (bicyclic) bond motifs is 2. The molecule has 0 radical (unpaired) electrons. The molecule has 0 heterocycles. The largest absolute Gasteiger partial charge is 0.507 e. The van der Waals surface area contributed by atoms with Crippen molar-refractivity contribution in [1.29, 1.82) is 0 Å². The van der Waals surface area contributed by atoms with E-state index in [1.165, 1.54) is 18.2 Å². The Hall–Kier alpha value is -1.84. The zero-order valence-electron chi connectivity index (χ0n) is 10.3. The first kappa shape index (κ1) is 13.2. The highest BCUT2D eigenvalue weighted by atomic mass is 35.5. The molecule has 0 aliphatic heterocycles. The summed E-state index contributed by atoms with van der Waals surface area (Å²) in [6.07, 6.45) is 0. The molecule has 0 atom stereocenters. The second kappa shape index (κ2) is 4.33. The van der Waals surface area contributed by atoms with Crippen LogP contribution in [-0.4, -0.2) is 16.7 Å². The number of benzene rings is 2. The Morgan fingerprint density at radius 3 is 2.00 bits per heavy atom. The fourth-order valence-corrected chi connectivity index (χ4v) is 2.86. The number of hydrogen-bond donors (Lipinski definition) is 1. The fourth-order valence-electron chi connectivity index (χ4n) is 2.37. The van der Waals surface area contributed by atoms with Gasteiger partial charge in [-0.05, 0) is 30.7 Å². The van der Waals surface area contributed by atoms with Gasteiger partial charge in [0, 0.05) is 5.56 Å². The monoisotopic (exact) mass is 306 g/mol. The van der Waals surface area contributed by atoms with Crippen LogP contribution in [0.1, 0.15) is 37.4 Å². The Morgan fingerprint density at radius 2 is 1.40 bits per heavy atom. The van der Waals surface area contributed by atoms with Gasteiger partial charge in [-0.15, -0.1) is 0 Å². The molecule has 100 valence electrons. The third kappa shape index (κ3) is 1.60. The molecule has 0 aromatic heterocycles. The van der Waals surface area contributed by atoms with E-state index in [0.29, 0.717) is 5.56 Å². The number of carbonyl (C=O) groups excluding carboxylic acids is 2. The maximum Gasteiger partial charge on any atom is 0.199 e. The van der Waals surface area contributed by atoms with Crippen LogP contribution >= 0.6 is 23.2 Å². The third-order valence-corrected chi connectivity index (χ3v) is 4.04. The molecule has 0 bridgehead atoms. The number of rotatable bonds is 0. The lowest BCUT2D eigenvalue weighted by Crippen LogP contribution is -2.22. The van der Waals surface area contributed by atoms with E-state index in [1.807, 2.05) is 0 Å². The Bertz CT molecular complexity index is 790. The molecule has 0 amide bonds. The third-order valence-electron chi connectivity index (χ3n) is 3.41. The Balaban J connectivity index is 2.43. The van der Waals surface area contributed by atoms with E-state index in [4.69, 9.17) is 23.2 Å². The van der Waals surface area contributed by atoms with Crippen molar-refractivity contribution in [2.24, 2.45) is 0 Å². The summed E-state index contributed by atoms with van der Waals surface area (Å²) >= 11 is 12.0. The van der Waals surface area contributed by atoms with Crippen LogP contribution in [0.3, 0.4) is 0 Å². The molecule has 0 unspecified atom stereocenters. The highest BCUT2D eigenvalue weighted by Gasteiger charge is 2.35. The van der Waals surface area contributed by atoms with E-state index in [1.54, 1.807) is 13.0 Å². The molecule has 3 nitrogen and oxygen atoms in total. The lowest BCUT2D eigenvalue weighted by Gasteiger charge is -2.20. The summed E-state index contributed by atoms with van der Waals surface area (Å²) in [7, 11) is 0. The van der Waals surface area contributed by atoms with Gasteiger partial charge < -0.3 is 5.11 Å². The summed E-state index contributed by atoms with van der Waals surface area (Å²) < 4.78 is 0. The first-order valence-electron chi connectivity index (χ1n) is 5.83. The van der Waals surface area contributed by atoms with Crippen LogP contribution in [0.2, 0.25) is 10.0 Å². The highest BCUT2D eigenvalue weighted by Crippen LogP contribution is 2.39. The Labute approximate surface area is 124 Å². The maximum atomic E-state index is 12.5. The van der Waals surface area contributed by atoms with Gasteiger partial charge in [-0.1, -0.05) is 29.3 Å². The van der Waals surface area contributed by atoms with Crippen molar-refractivity contribution in [1.82, 2.24) is 0 Å². The molecule has 0 saturated heterocycles. The number of aryl methyl sites for hydroxylation is 1. The van der Waals surface area contributed by atoms with Gasteiger partial charge >= 0.3 is 0 Å². The van der Waals surface area contributed by atoms with Crippen LogP contribution in [0.15, 0.2) is 24.3 Å². The van der Waals surface area contributed by atoms with E-state index in [9.17, 15) is 14.7 Å². The number of hydrogen-bond acceptors (Lipinski definition) is 3. The highest BCUT2D eigenvalue weighted by molar-refractivity contribution is 6.43. The number of phenols is 1. The predicted molar refractivity (Wildman–Crippen MR) is 76.2 cm³/mol. The molecule has 2 aromatic carbocycles. The second-order valence-electron chi connectivity index (χ2n) is 4.59. The fraction of sp³-hybridized carbons (Fsp3) is 0.0667. The summed E-state index contributed by atoms with van der Waals surface area (Å²) in [6.45, 7) is 1.66. The smallest absolute Gasteiger partial charge is 0.199 e. The van der Waals surface area contributed by atoms with Gasteiger partial charge in [0.1, 0.15) is 5.75 Å². The number of ketones is 2. The average Bonchev–Trinajstić information content (AvgIpc) is 2.41. The van der Waals surface area contributed by atoms with E-state index in [0.717, 1.165) is 0 Å². The average molecular weight is 307 g/mol. The predicted octanol–water partition coefficient (Wildman–Crippen LogP) is 3.78. The molecule has 0 fully saturated rings. The molecule has 0 spiro atoms. The zero-order valence-corrected chi connectivity index (χ0v) is 11.8. The minimum Gasteiger partial charge on any atom is -0.507 e. The van der Waals surface area contributed by atoms with Crippen molar-refractivity contribution >= 4 is 34.8 Å². The van der Waals surface area contributed by atoms with Gasteiger partial charge in [-0.25, -0.2) is 0 Å². The molecule has 0 saturated carbocycles. The van der Waals surface area contributed by atoms with Gasteiger partial charge in [0.25, 0.3) is 0 Å². The van der Waals surface area contributed by atoms with Gasteiger partial charge in [0.05, 0.1) is 26.7 Å². The minimum absolute atomic E-state index is 0.00772. The maximum absolute atomic E-state index is 12.5. The minimum atomic E-state index is -0.483. The summed E-state index contributed by atoms with van der Waals surface area (Å²) in [5.74, 6) is -1.08. The zero-order chi connectivity index (χ0) is 14.6. The van der Waals surface area contributed by atoms with E-state index in [2.05, 4.69) is 0 Å². The normalized spacial score (nSPS) is 13.2. The van der Waals surface area contributed by atoms with Crippen molar-refractivity contribution < 1.29 is 14.7 Å². The lowest BCUT2D eigenvalue weighted by molar-refractivity contribution is 0.0976. The molecule has 3 rings (SSSR count). The van der Waals surface area contributed by atoms with Crippen LogP contribution in [0.4, 0.5) is 0 Å². The van der Waals surface area contributed by atoms with Crippen LogP contribution in [0.25, 0.3) is 0 Å². The van der Waals surface area contributed by atoms with Gasteiger partial charge in [-0.3, -0.25) is 9.59 Å². The van der Waals surface area contributed by atoms with E-state index < -0.39 is 11.6 Å². The number of halogens is 2. The summed E-state index contributed by atoms with van der Waals surface area (Å²) in [6, 6.07) is 6.05. The molecule has 5 heteroatoms. The van der Waals surface area contributed by atoms with Crippen molar-refractivity contribution in [2.75, 3.05) is 0 Å². The summed E-state index contributed by atoms with van der Waals surface area (Å²) in [4.78, 5) is 25.0. The molecule has 20 heavy (non-hydrogen) atoms. The standard InChI is InChI=1S/C15H8Cl2O3/c1-6-2-3-7-10(13(6)18)15(20)12-9(17)5-4-8(16)11(12)14(7)19/h2-5,18H,1H3. The molecule has 1 aliphatic rings. The number of aromatic hydroxyl groups is 1. The topological polar surface area (TPSA) is 54.4 Å². The SMILES string of the molecule is Cc1ccc2c(c1O)C(=O)c1c(Cl)ccc(Cl)c1C2=O. The molecule has 2 aromatic rings. The van der Waals surface area contributed by atoms with Crippen LogP contribution < -0.4 is 0 Å². The van der Waals surface area contributed by atoms with Gasteiger partial charge in [0.15, 0.2) is 11.6 Å². The van der Waals surface area contributed by atoms with Gasteiger partial charge in [0.2, 0.25) is 0 Å². The molecule has 1 aliphatic carbocycles. The van der Waals surface area contributed by atoms with Crippen molar-refractivity contribution in [3.05, 3.63) is 62.1 Å². The van der Waals surface area contributed by atoms with E-state index >= 15 is 0 Å². The summed E-state index contributed by atoms with van der Waals surface area (Å²) in [5.41, 5.74) is 0.811. The lowest BCUT2D eigenvalue weighted by atomic mass is 9.82. The first-order valence-corrected chi connectivity index (χ1v) is 6.59. The molecule has 1 N–H and O–H groups in total. The molecular weight excluding hydrogens is 299 g/mol. The number of carbonyl (C=O) groups is 2. The number of phenolic OH excluding ortho intramolecular Hbond substituents is 1. The van der Waals surface area contributed by atoms with Crippen molar-refractivity contribution in [3.8, 4) is 5.75 Å². The Morgan fingerprint density at radius 1 is 0.850 bits per heavy atom. The van der Waals surface area contributed by atoms with Crippen LogP contribution in [-0.2, 0) is 0 Å².